The SMILES string of the molecule is O=[N+]([O-])c1ccc(CSc2nnc(-c3ccc(S(=O)(=O)N4CCCCCC4)cc3)o2)cc1. The number of sulfonamides is 1. The van der Waals surface area contributed by atoms with Crippen LogP contribution in [0.1, 0.15) is 31.2 Å². The van der Waals surface area contributed by atoms with Crippen molar-refractivity contribution in [3.05, 3.63) is 64.2 Å². The summed E-state index contributed by atoms with van der Waals surface area (Å²) in [6, 6.07) is 12.8. The molecule has 0 bridgehead atoms. The smallest absolute Gasteiger partial charge is 0.277 e. The number of hydrogen-bond acceptors (Lipinski definition) is 8. The highest BCUT2D eigenvalue weighted by Gasteiger charge is 2.25. The van der Waals surface area contributed by atoms with Crippen LogP contribution < -0.4 is 0 Å². The molecule has 1 aliphatic heterocycles. The lowest BCUT2D eigenvalue weighted by molar-refractivity contribution is -0.384. The molecule has 0 atom stereocenters. The van der Waals surface area contributed by atoms with Crippen LogP contribution in [0.5, 0.6) is 0 Å². The molecule has 1 fully saturated rings. The third-order valence-corrected chi connectivity index (χ3v) is 8.02. The largest absolute Gasteiger partial charge is 0.411 e. The third kappa shape index (κ3) is 5.17. The Morgan fingerprint density at radius 1 is 0.969 bits per heavy atom. The third-order valence-electron chi connectivity index (χ3n) is 5.22. The number of benzene rings is 2. The van der Waals surface area contributed by atoms with Crippen molar-refractivity contribution in [1.82, 2.24) is 14.5 Å². The summed E-state index contributed by atoms with van der Waals surface area (Å²) in [5.74, 6) is 0.821. The van der Waals surface area contributed by atoms with Gasteiger partial charge in [0.1, 0.15) is 0 Å². The molecule has 0 unspecified atom stereocenters. The molecule has 32 heavy (non-hydrogen) atoms. The van der Waals surface area contributed by atoms with Crippen LogP contribution >= 0.6 is 11.8 Å². The van der Waals surface area contributed by atoms with Crippen molar-refractivity contribution < 1.29 is 17.8 Å². The molecule has 0 N–H and O–H groups in total. The Hall–Kier alpha value is -2.76. The maximum absolute atomic E-state index is 12.9. The van der Waals surface area contributed by atoms with Crippen molar-refractivity contribution in [3.63, 3.8) is 0 Å². The Balaban J connectivity index is 1.41. The Morgan fingerprint density at radius 3 is 2.25 bits per heavy atom. The minimum absolute atomic E-state index is 0.0418. The van der Waals surface area contributed by atoms with Crippen LogP contribution in [0.15, 0.2) is 63.1 Å². The van der Waals surface area contributed by atoms with Gasteiger partial charge in [0, 0.05) is 36.5 Å². The van der Waals surface area contributed by atoms with E-state index in [1.54, 1.807) is 40.7 Å². The van der Waals surface area contributed by atoms with E-state index in [-0.39, 0.29) is 10.6 Å². The van der Waals surface area contributed by atoms with Crippen LogP contribution in [0.2, 0.25) is 0 Å². The quantitative estimate of drug-likeness (QED) is 0.279. The van der Waals surface area contributed by atoms with Gasteiger partial charge in [0.25, 0.3) is 10.9 Å². The van der Waals surface area contributed by atoms with Crippen molar-refractivity contribution in [2.75, 3.05) is 13.1 Å². The molecular formula is C21H22N4O5S2. The fourth-order valence-corrected chi connectivity index (χ4v) is 5.68. The minimum atomic E-state index is -3.51. The summed E-state index contributed by atoms with van der Waals surface area (Å²) < 4.78 is 33.1. The lowest BCUT2D eigenvalue weighted by atomic mass is 10.2. The van der Waals surface area contributed by atoms with Crippen molar-refractivity contribution in [1.29, 1.82) is 0 Å². The second kappa shape index (κ2) is 9.80. The van der Waals surface area contributed by atoms with Crippen LogP contribution in [-0.4, -0.2) is 40.9 Å². The Bertz CT molecular complexity index is 1170. The number of nitro benzene ring substituents is 1. The second-order valence-electron chi connectivity index (χ2n) is 7.43. The summed E-state index contributed by atoms with van der Waals surface area (Å²) in [4.78, 5) is 10.6. The zero-order valence-electron chi connectivity index (χ0n) is 17.2. The number of nitrogens with zero attached hydrogens (tertiary/aromatic N) is 4. The molecule has 4 rings (SSSR count). The van der Waals surface area contributed by atoms with Gasteiger partial charge >= 0.3 is 0 Å². The predicted molar refractivity (Wildman–Crippen MR) is 120 cm³/mol. The number of thioether (sulfide) groups is 1. The summed E-state index contributed by atoms with van der Waals surface area (Å²) in [6.45, 7) is 1.12. The van der Waals surface area contributed by atoms with E-state index in [0.717, 1.165) is 31.2 Å². The van der Waals surface area contributed by atoms with Gasteiger partial charge in [-0.05, 0) is 42.7 Å². The average molecular weight is 475 g/mol. The highest BCUT2D eigenvalue weighted by Crippen LogP contribution is 2.28. The molecule has 168 valence electrons. The molecular weight excluding hydrogens is 452 g/mol. The van der Waals surface area contributed by atoms with Crippen molar-refractivity contribution >= 4 is 27.5 Å². The predicted octanol–water partition coefficient (Wildman–Crippen LogP) is 4.50. The summed E-state index contributed by atoms with van der Waals surface area (Å²) in [5, 5.41) is 19.2. The zero-order chi connectivity index (χ0) is 22.6. The first-order chi connectivity index (χ1) is 15.4. The minimum Gasteiger partial charge on any atom is -0.411 e. The molecule has 0 amide bonds. The molecule has 3 aromatic rings. The standard InChI is InChI=1S/C21H22N4O5S2/c26-25(27)18-9-5-16(6-10-18)15-31-21-23-22-20(30-21)17-7-11-19(12-8-17)32(28,29)24-13-3-1-2-4-14-24/h5-12H,1-4,13-15H2. The van der Waals surface area contributed by atoms with Gasteiger partial charge in [-0.25, -0.2) is 8.42 Å². The van der Waals surface area contributed by atoms with Crippen LogP contribution in [0.4, 0.5) is 5.69 Å². The normalized spacial score (nSPS) is 15.4. The van der Waals surface area contributed by atoms with E-state index in [4.69, 9.17) is 4.42 Å². The van der Waals surface area contributed by atoms with Crippen LogP contribution in [0.25, 0.3) is 11.5 Å². The van der Waals surface area contributed by atoms with Gasteiger partial charge in [0.05, 0.1) is 9.82 Å². The fraction of sp³-hybridized carbons (Fsp3) is 0.333. The van der Waals surface area contributed by atoms with Gasteiger partial charge in [-0.3, -0.25) is 10.1 Å². The molecule has 1 aromatic heterocycles. The monoisotopic (exact) mass is 474 g/mol. The first-order valence-electron chi connectivity index (χ1n) is 10.2. The molecule has 0 radical (unpaired) electrons. The van der Waals surface area contributed by atoms with Crippen molar-refractivity contribution in [2.45, 2.75) is 41.6 Å². The van der Waals surface area contributed by atoms with E-state index in [2.05, 4.69) is 10.2 Å². The van der Waals surface area contributed by atoms with E-state index in [1.807, 2.05) is 0 Å². The molecule has 1 aliphatic rings. The highest BCUT2D eigenvalue weighted by atomic mass is 32.2. The Labute approximate surface area is 190 Å². The summed E-state index contributed by atoms with van der Waals surface area (Å²) in [7, 11) is -3.51. The second-order valence-corrected chi connectivity index (χ2v) is 10.3. The summed E-state index contributed by atoms with van der Waals surface area (Å²) in [5.41, 5.74) is 1.57. The number of rotatable bonds is 7. The zero-order valence-corrected chi connectivity index (χ0v) is 18.8. The number of aromatic nitrogens is 2. The molecule has 0 spiro atoms. The van der Waals surface area contributed by atoms with Gasteiger partial charge in [-0.15, -0.1) is 10.2 Å². The van der Waals surface area contributed by atoms with E-state index >= 15 is 0 Å². The molecule has 2 aromatic carbocycles. The van der Waals surface area contributed by atoms with Gasteiger partial charge in [0.15, 0.2) is 0 Å². The van der Waals surface area contributed by atoms with E-state index in [1.165, 1.54) is 23.9 Å². The first kappa shape index (κ1) is 22.4. The molecule has 0 saturated carbocycles. The highest BCUT2D eigenvalue weighted by molar-refractivity contribution is 7.98. The van der Waals surface area contributed by atoms with Crippen LogP contribution in [0, 0.1) is 10.1 Å². The van der Waals surface area contributed by atoms with E-state index in [0.29, 0.717) is 35.5 Å². The van der Waals surface area contributed by atoms with Crippen LogP contribution in [-0.2, 0) is 15.8 Å². The van der Waals surface area contributed by atoms with Crippen molar-refractivity contribution in [3.8, 4) is 11.5 Å². The fourth-order valence-electron chi connectivity index (χ4n) is 3.44. The lowest BCUT2D eigenvalue weighted by Crippen LogP contribution is -2.31. The van der Waals surface area contributed by atoms with Gasteiger partial charge < -0.3 is 4.42 Å². The first-order valence-corrected chi connectivity index (χ1v) is 12.7. The summed E-state index contributed by atoms with van der Waals surface area (Å²) in [6.07, 6.45) is 3.90. The van der Waals surface area contributed by atoms with Crippen LogP contribution in [0.3, 0.4) is 0 Å². The topological polar surface area (TPSA) is 119 Å². The maximum atomic E-state index is 12.9. The Morgan fingerprint density at radius 2 is 1.62 bits per heavy atom. The van der Waals surface area contributed by atoms with Gasteiger partial charge in [0.2, 0.25) is 15.9 Å². The van der Waals surface area contributed by atoms with E-state index in [9.17, 15) is 18.5 Å². The van der Waals surface area contributed by atoms with Crippen molar-refractivity contribution in [2.24, 2.45) is 0 Å². The van der Waals surface area contributed by atoms with E-state index < -0.39 is 14.9 Å². The average Bonchev–Trinajstić information content (AvgIpc) is 3.10. The van der Waals surface area contributed by atoms with Gasteiger partial charge in [-0.1, -0.05) is 36.7 Å². The van der Waals surface area contributed by atoms with Gasteiger partial charge in [-0.2, -0.15) is 4.31 Å². The number of nitro groups is 1. The number of non-ortho nitro benzene ring substituents is 1. The Kier molecular flexibility index (Phi) is 6.87. The lowest BCUT2D eigenvalue weighted by Gasteiger charge is -2.19. The molecule has 11 heteroatoms. The molecule has 0 aliphatic carbocycles. The maximum Gasteiger partial charge on any atom is 0.277 e. The molecule has 2 heterocycles. The molecule has 1 saturated heterocycles. The number of hydrogen-bond donors (Lipinski definition) is 0. The summed E-state index contributed by atoms with van der Waals surface area (Å²) >= 11 is 1.32. The molecule has 9 nitrogen and oxygen atoms in total.